The van der Waals surface area contributed by atoms with E-state index in [1.165, 1.54) is 49.4 Å². The zero-order chi connectivity index (χ0) is 18.4. The maximum absolute atomic E-state index is 2.39. The fourth-order valence-electron chi connectivity index (χ4n) is 4.27. The Hall–Kier alpha value is -3.32. The van der Waals surface area contributed by atoms with E-state index in [0.717, 1.165) is 0 Å². The van der Waals surface area contributed by atoms with Crippen LogP contribution in [-0.2, 0) is 0 Å². The van der Waals surface area contributed by atoms with E-state index in [2.05, 4.69) is 109 Å². The van der Waals surface area contributed by atoms with E-state index >= 15 is 0 Å². The summed E-state index contributed by atoms with van der Waals surface area (Å²) in [6.07, 6.45) is 4.31. The lowest BCUT2D eigenvalue weighted by Crippen LogP contribution is -1.93. The molecule has 4 aromatic carbocycles. The highest BCUT2D eigenvalue weighted by atomic mass is 15.0. The number of nitrogens with zero attached hydrogens (tertiary/aromatic N) is 1. The molecule has 1 aromatic heterocycles. The largest absolute Gasteiger partial charge is 0.309 e. The Morgan fingerprint density at radius 2 is 1.41 bits per heavy atom. The molecule has 0 unspecified atom stereocenters. The van der Waals surface area contributed by atoms with Crippen molar-refractivity contribution in [2.24, 2.45) is 0 Å². The van der Waals surface area contributed by atoms with Gasteiger partial charge < -0.3 is 4.57 Å². The van der Waals surface area contributed by atoms with Gasteiger partial charge in [0.05, 0.1) is 11.0 Å². The van der Waals surface area contributed by atoms with Crippen LogP contribution in [0.5, 0.6) is 0 Å². The number of para-hydroxylation sites is 1. The van der Waals surface area contributed by atoms with E-state index in [4.69, 9.17) is 0 Å². The number of rotatable bonds is 2. The number of aryl methyl sites for hydroxylation is 1. The highest BCUT2D eigenvalue weighted by molar-refractivity contribution is 6.22. The van der Waals surface area contributed by atoms with Gasteiger partial charge in [-0.3, -0.25) is 0 Å². The van der Waals surface area contributed by atoms with E-state index < -0.39 is 0 Å². The third kappa shape index (κ3) is 2.32. The Balaban J connectivity index is 2.07. The van der Waals surface area contributed by atoms with Gasteiger partial charge in [0.2, 0.25) is 0 Å². The Labute approximate surface area is 159 Å². The molecule has 27 heavy (non-hydrogen) atoms. The van der Waals surface area contributed by atoms with Crippen LogP contribution in [0.2, 0.25) is 0 Å². The van der Waals surface area contributed by atoms with Crippen LogP contribution in [0.1, 0.15) is 18.1 Å². The van der Waals surface area contributed by atoms with Crippen molar-refractivity contribution in [1.82, 2.24) is 4.57 Å². The Morgan fingerprint density at radius 1 is 0.704 bits per heavy atom. The summed E-state index contributed by atoms with van der Waals surface area (Å²) in [7, 11) is 0. The molecule has 130 valence electrons. The molecule has 0 amide bonds. The molecule has 1 heteroatoms. The average molecular weight is 347 g/mol. The number of hydrogen-bond donors (Lipinski definition) is 0. The second kappa shape index (κ2) is 6.14. The van der Waals surface area contributed by atoms with Gasteiger partial charge in [-0.1, -0.05) is 66.7 Å². The van der Waals surface area contributed by atoms with Crippen LogP contribution in [-0.4, -0.2) is 4.57 Å². The van der Waals surface area contributed by atoms with Crippen LogP contribution in [0.25, 0.3) is 44.3 Å². The molecule has 1 heterocycles. The topological polar surface area (TPSA) is 4.93 Å². The summed E-state index contributed by atoms with van der Waals surface area (Å²) in [5.41, 5.74) is 6.34. The maximum atomic E-state index is 2.39. The predicted molar refractivity (Wildman–Crippen MR) is 118 cm³/mol. The van der Waals surface area contributed by atoms with Crippen LogP contribution in [0.4, 0.5) is 0 Å². The minimum atomic E-state index is 1.20. The van der Waals surface area contributed by atoms with E-state index in [-0.39, 0.29) is 0 Å². The molecule has 0 aliphatic carbocycles. The number of hydrogen-bond acceptors (Lipinski definition) is 0. The van der Waals surface area contributed by atoms with Crippen molar-refractivity contribution in [3.05, 3.63) is 96.1 Å². The fraction of sp³-hybridized carbons (Fsp3) is 0.0769. The van der Waals surface area contributed by atoms with Gasteiger partial charge in [-0.05, 0) is 60.0 Å². The normalized spacial score (nSPS) is 11.9. The lowest BCUT2D eigenvalue weighted by atomic mass is 9.98. The Bertz CT molecular complexity index is 1320. The predicted octanol–water partition coefficient (Wildman–Crippen LogP) is 7.28. The molecule has 0 radical (unpaired) electrons. The number of aromatic nitrogens is 1. The van der Waals surface area contributed by atoms with E-state index in [1.54, 1.807) is 0 Å². The van der Waals surface area contributed by atoms with Gasteiger partial charge in [0.15, 0.2) is 0 Å². The summed E-state index contributed by atoms with van der Waals surface area (Å²) in [5.74, 6) is 0. The Kier molecular flexibility index (Phi) is 3.61. The van der Waals surface area contributed by atoms with Gasteiger partial charge in [0.1, 0.15) is 0 Å². The second-order valence-electron chi connectivity index (χ2n) is 7.03. The second-order valence-corrected chi connectivity index (χ2v) is 7.03. The van der Waals surface area contributed by atoms with Gasteiger partial charge in [0, 0.05) is 16.5 Å². The van der Waals surface area contributed by atoms with Gasteiger partial charge in [-0.25, -0.2) is 0 Å². The van der Waals surface area contributed by atoms with Crippen molar-refractivity contribution in [2.45, 2.75) is 13.8 Å². The summed E-state index contributed by atoms with van der Waals surface area (Å²) in [4.78, 5) is 0. The van der Waals surface area contributed by atoms with Gasteiger partial charge in [-0.15, -0.1) is 0 Å². The molecule has 1 nitrogen and oxygen atoms in total. The van der Waals surface area contributed by atoms with Crippen molar-refractivity contribution >= 4 is 38.7 Å². The standard InChI is InChI=1S/C26H21N/c1-3-9-19-14-16-23-25(18(19)2)26-22-13-8-7-10-20(22)15-17-24(26)27(23)21-11-5-4-6-12-21/h3-17H,1-2H3/b9-3-. The van der Waals surface area contributed by atoms with Crippen molar-refractivity contribution in [3.8, 4) is 5.69 Å². The van der Waals surface area contributed by atoms with Gasteiger partial charge >= 0.3 is 0 Å². The Morgan fingerprint density at radius 3 is 2.22 bits per heavy atom. The van der Waals surface area contributed by atoms with Crippen LogP contribution in [0, 0.1) is 6.92 Å². The zero-order valence-corrected chi connectivity index (χ0v) is 15.6. The van der Waals surface area contributed by atoms with Crippen LogP contribution < -0.4 is 0 Å². The monoisotopic (exact) mass is 347 g/mol. The molecular weight excluding hydrogens is 326 g/mol. The quantitative estimate of drug-likeness (QED) is 0.316. The summed E-state index contributed by atoms with van der Waals surface area (Å²) in [6, 6.07) is 28.3. The smallest absolute Gasteiger partial charge is 0.0547 e. The molecule has 0 bridgehead atoms. The summed E-state index contributed by atoms with van der Waals surface area (Å²) < 4.78 is 2.39. The number of fused-ring (bicyclic) bond motifs is 5. The first kappa shape index (κ1) is 15.9. The fourth-order valence-corrected chi connectivity index (χ4v) is 4.27. The lowest BCUT2D eigenvalue weighted by molar-refractivity contribution is 1.18. The summed E-state index contributed by atoms with van der Waals surface area (Å²) in [6.45, 7) is 4.32. The highest BCUT2D eigenvalue weighted by Gasteiger charge is 2.17. The van der Waals surface area contributed by atoms with E-state index in [9.17, 15) is 0 Å². The first-order chi connectivity index (χ1) is 13.3. The van der Waals surface area contributed by atoms with Crippen molar-refractivity contribution in [1.29, 1.82) is 0 Å². The minimum absolute atomic E-state index is 1.20. The third-order valence-electron chi connectivity index (χ3n) is 5.48. The highest BCUT2D eigenvalue weighted by Crippen LogP contribution is 2.39. The van der Waals surface area contributed by atoms with Crippen LogP contribution in [0.15, 0.2) is 84.9 Å². The van der Waals surface area contributed by atoms with Crippen molar-refractivity contribution < 1.29 is 0 Å². The van der Waals surface area contributed by atoms with Crippen molar-refractivity contribution in [2.75, 3.05) is 0 Å². The molecule has 5 rings (SSSR count). The first-order valence-corrected chi connectivity index (χ1v) is 9.43. The van der Waals surface area contributed by atoms with E-state index in [1.807, 2.05) is 0 Å². The average Bonchev–Trinajstić information content (AvgIpc) is 3.06. The first-order valence-electron chi connectivity index (χ1n) is 9.43. The summed E-state index contributed by atoms with van der Waals surface area (Å²) in [5, 5.41) is 5.29. The SMILES string of the molecule is C/C=C\c1ccc2c(c1C)c1c3ccccc3ccc1n2-c1ccccc1. The minimum Gasteiger partial charge on any atom is -0.309 e. The zero-order valence-electron chi connectivity index (χ0n) is 15.6. The van der Waals surface area contributed by atoms with Crippen molar-refractivity contribution in [3.63, 3.8) is 0 Å². The third-order valence-corrected chi connectivity index (χ3v) is 5.48. The van der Waals surface area contributed by atoms with E-state index in [0.29, 0.717) is 0 Å². The molecular formula is C26H21N. The molecule has 0 N–H and O–H groups in total. The molecule has 0 saturated carbocycles. The molecule has 0 aliphatic rings. The molecule has 5 aromatic rings. The van der Waals surface area contributed by atoms with Crippen LogP contribution >= 0.6 is 0 Å². The number of allylic oxidation sites excluding steroid dienone is 1. The van der Waals surface area contributed by atoms with Gasteiger partial charge in [0.25, 0.3) is 0 Å². The molecule has 0 saturated heterocycles. The maximum Gasteiger partial charge on any atom is 0.0547 e. The number of benzene rings is 4. The summed E-state index contributed by atoms with van der Waals surface area (Å²) >= 11 is 0. The lowest BCUT2D eigenvalue weighted by Gasteiger charge is -2.08. The molecule has 0 aliphatic heterocycles. The van der Waals surface area contributed by atoms with Crippen LogP contribution in [0.3, 0.4) is 0 Å². The van der Waals surface area contributed by atoms with Gasteiger partial charge in [-0.2, -0.15) is 0 Å². The molecule has 0 fully saturated rings. The molecule has 0 atom stereocenters. The molecule has 0 spiro atoms.